The highest BCUT2D eigenvalue weighted by atomic mass is 32.2. The molecular formula is C27H25N2O3S+. The summed E-state index contributed by atoms with van der Waals surface area (Å²) in [5.41, 5.74) is 3.92. The molecule has 4 aromatic carbocycles. The Morgan fingerprint density at radius 1 is 0.788 bits per heavy atom. The summed E-state index contributed by atoms with van der Waals surface area (Å²) in [4.78, 5) is 3.88. The van der Waals surface area contributed by atoms with Crippen molar-refractivity contribution in [2.24, 2.45) is 0 Å². The van der Waals surface area contributed by atoms with Crippen LogP contribution in [0.2, 0.25) is 0 Å². The first-order valence-corrected chi connectivity index (χ1v) is 11.7. The molecule has 166 valence electrons. The molecule has 0 aliphatic rings. The minimum absolute atomic E-state index is 0.0907. The lowest BCUT2D eigenvalue weighted by molar-refractivity contribution is 0.462. The number of benzene rings is 4. The van der Waals surface area contributed by atoms with Crippen molar-refractivity contribution in [1.29, 1.82) is 5.39 Å². The Kier molecular flexibility index (Phi) is 6.71. The summed E-state index contributed by atoms with van der Waals surface area (Å²) < 4.78 is 6.28. The van der Waals surface area contributed by atoms with Gasteiger partial charge < -0.3 is 14.4 Å². The first kappa shape index (κ1) is 22.5. The van der Waals surface area contributed by atoms with Gasteiger partial charge >= 0.3 is 5.69 Å². The van der Waals surface area contributed by atoms with E-state index in [1.54, 1.807) is 12.1 Å². The predicted molar refractivity (Wildman–Crippen MR) is 133 cm³/mol. The van der Waals surface area contributed by atoms with Crippen LogP contribution < -0.4 is 4.18 Å². The van der Waals surface area contributed by atoms with E-state index in [-0.39, 0.29) is 11.4 Å². The summed E-state index contributed by atoms with van der Waals surface area (Å²) >= 11 is 1.16. The molecule has 33 heavy (non-hydrogen) atoms. The van der Waals surface area contributed by atoms with E-state index in [4.69, 9.17) is 4.18 Å². The van der Waals surface area contributed by atoms with Gasteiger partial charge in [0.2, 0.25) is 11.1 Å². The minimum Gasteiger partial charge on any atom is -0.507 e. The number of hydrogen-bond acceptors (Lipinski definition) is 5. The van der Waals surface area contributed by atoms with Crippen LogP contribution in [-0.4, -0.2) is 10.2 Å². The topological polar surface area (TPSA) is 77.8 Å². The van der Waals surface area contributed by atoms with Gasteiger partial charge in [-0.05, 0) is 47.1 Å². The van der Waals surface area contributed by atoms with E-state index in [1.165, 1.54) is 0 Å². The van der Waals surface area contributed by atoms with Crippen molar-refractivity contribution < 1.29 is 14.4 Å². The molecule has 0 saturated carbocycles. The van der Waals surface area contributed by atoms with E-state index in [1.807, 2.05) is 61.5 Å². The van der Waals surface area contributed by atoms with Crippen LogP contribution in [0, 0.1) is 5.39 Å². The average Bonchev–Trinajstić information content (AvgIpc) is 2.84. The lowest BCUT2D eigenvalue weighted by Crippen LogP contribution is -1.98. The first-order valence-electron chi connectivity index (χ1n) is 10.9. The lowest BCUT2D eigenvalue weighted by atomic mass is 9.97. The van der Waals surface area contributed by atoms with Crippen LogP contribution in [-0.2, 0) is 19.3 Å². The fraction of sp³-hybridized carbons (Fsp3) is 0.185. The highest BCUT2D eigenvalue weighted by Gasteiger charge is 2.20. The average molecular weight is 458 g/mol. The fourth-order valence-corrected chi connectivity index (χ4v) is 4.81. The molecule has 0 amide bonds. The molecule has 0 unspecified atom stereocenters. The number of aryl methyl sites for hydroxylation is 2. The molecule has 2 N–H and O–H groups in total. The minimum atomic E-state index is -0.0907. The molecule has 5 nitrogen and oxygen atoms in total. The summed E-state index contributed by atoms with van der Waals surface area (Å²) in [6, 6.07) is 20.9. The van der Waals surface area contributed by atoms with E-state index in [0.29, 0.717) is 22.5 Å². The first-order chi connectivity index (χ1) is 16.1. The van der Waals surface area contributed by atoms with Crippen molar-refractivity contribution in [2.75, 3.05) is 0 Å². The number of phenols is 2. The van der Waals surface area contributed by atoms with Crippen LogP contribution in [0.4, 0.5) is 5.69 Å². The van der Waals surface area contributed by atoms with Crippen molar-refractivity contribution in [3.8, 4) is 17.2 Å². The second kappa shape index (κ2) is 9.85. The van der Waals surface area contributed by atoms with Crippen LogP contribution in [0.1, 0.15) is 36.1 Å². The smallest absolute Gasteiger partial charge is 0.426 e. The maximum absolute atomic E-state index is 10.7. The zero-order chi connectivity index (χ0) is 23.4. The highest BCUT2D eigenvalue weighted by molar-refractivity contribution is 7.95. The molecule has 0 aliphatic carbocycles. The molecular weight excluding hydrogens is 432 g/mol. The zero-order valence-electron chi connectivity index (χ0n) is 18.6. The number of diazo groups is 1. The normalized spacial score (nSPS) is 10.8. The van der Waals surface area contributed by atoms with E-state index in [0.717, 1.165) is 58.3 Å². The number of para-hydroxylation sites is 2. The molecule has 4 rings (SSSR count). The Labute approximate surface area is 197 Å². The van der Waals surface area contributed by atoms with Crippen LogP contribution in [0.3, 0.4) is 0 Å². The number of hydrogen-bond donors (Lipinski definition) is 2. The predicted octanol–water partition coefficient (Wildman–Crippen LogP) is 7.54. The van der Waals surface area contributed by atoms with E-state index >= 15 is 0 Å². The van der Waals surface area contributed by atoms with Gasteiger partial charge in [-0.2, -0.15) is 0 Å². The van der Waals surface area contributed by atoms with Gasteiger partial charge in [0.05, 0.1) is 16.9 Å². The number of phenolic OH excluding ortho intramolecular Hbond substituents is 2. The molecule has 0 heterocycles. The Morgan fingerprint density at radius 2 is 1.45 bits per heavy atom. The maximum atomic E-state index is 10.7. The third-order valence-corrected chi connectivity index (χ3v) is 6.57. The van der Waals surface area contributed by atoms with Gasteiger partial charge in [-0.15, -0.1) is 0 Å². The van der Waals surface area contributed by atoms with E-state index < -0.39 is 0 Å². The Hall–Kier alpha value is -3.69. The largest absolute Gasteiger partial charge is 0.507 e. The van der Waals surface area contributed by atoms with Crippen molar-refractivity contribution in [3.05, 3.63) is 94.0 Å². The van der Waals surface area contributed by atoms with E-state index in [9.17, 15) is 15.6 Å². The van der Waals surface area contributed by atoms with Gasteiger partial charge in [-0.3, -0.25) is 0 Å². The van der Waals surface area contributed by atoms with Gasteiger partial charge in [0, 0.05) is 23.4 Å². The summed E-state index contributed by atoms with van der Waals surface area (Å²) in [6.07, 6.45) is 2.09. The number of nitrogens with zero attached hydrogens (tertiary/aromatic N) is 2. The Balaban J connectivity index is 1.71. The van der Waals surface area contributed by atoms with Crippen LogP contribution >= 0.6 is 12.0 Å². The number of aromatic hydroxyl groups is 2. The molecule has 0 aliphatic heterocycles. The summed E-state index contributed by atoms with van der Waals surface area (Å²) in [5, 5.41) is 31.9. The summed E-state index contributed by atoms with van der Waals surface area (Å²) in [6.45, 7) is 4.10. The molecule has 0 aromatic heterocycles. The molecule has 0 radical (unpaired) electrons. The van der Waals surface area contributed by atoms with Crippen molar-refractivity contribution in [1.82, 2.24) is 0 Å². The summed E-state index contributed by atoms with van der Waals surface area (Å²) in [5.74, 6) is 0.998. The second-order valence-electron chi connectivity index (χ2n) is 7.77. The van der Waals surface area contributed by atoms with Gasteiger partial charge in [0.15, 0.2) is 4.98 Å². The standard InChI is InChI=1S/C27H24N2O3S/c1-3-17-8-5-11-20(25(17)30)16-21-12-6-9-18(4-2)27(21)32-33-23-13-7-10-19-14-15-22(29-28)26(31)24(19)23/h5-15H,3-4,16H2,1-2H3,(H-,30,31)/p+1. The Bertz CT molecular complexity index is 1360. The fourth-order valence-electron chi connectivity index (χ4n) is 3.99. The lowest BCUT2D eigenvalue weighted by Gasteiger charge is -2.16. The summed E-state index contributed by atoms with van der Waals surface area (Å²) in [7, 11) is 0. The van der Waals surface area contributed by atoms with Gasteiger partial charge in [0.1, 0.15) is 11.5 Å². The molecule has 0 spiro atoms. The van der Waals surface area contributed by atoms with Crippen molar-refractivity contribution in [2.45, 2.75) is 38.0 Å². The maximum Gasteiger partial charge on any atom is 0.426 e. The van der Waals surface area contributed by atoms with Gasteiger partial charge in [-0.1, -0.05) is 62.4 Å². The monoisotopic (exact) mass is 457 g/mol. The van der Waals surface area contributed by atoms with Crippen LogP contribution in [0.25, 0.3) is 15.7 Å². The SMILES string of the molecule is CCc1cccc(Cc2cccc(CC)c2OSc2cccc3ccc([N+]#N)c(O)c23)c1O. The van der Waals surface area contributed by atoms with Gasteiger partial charge in [0.25, 0.3) is 0 Å². The zero-order valence-corrected chi connectivity index (χ0v) is 19.4. The number of rotatable bonds is 7. The van der Waals surface area contributed by atoms with Crippen molar-refractivity contribution >= 4 is 28.5 Å². The van der Waals surface area contributed by atoms with Gasteiger partial charge in [-0.25, -0.2) is 0 Å². The second-order valence-corrected chi connectivity index (χ2v) is 8.54. The van der Waals surface area contributed by atoms with Crippen LogP contribution in [0.15, 0.2) is 71.6 Å². The molecule has 0 bridgehead atoms. The quantitative estimate of drug-likeness (QED) is 0.221. The number of fused-ring (bicyclic) bond motifs is 1. The Morgan fingerprint density at radius 3 is 2.18 bits per heavy atom. The third kappa shape index (κ3) is 4.46. The van der Waals surface area contributed by atoms with Crippen molar-refractivity contribution in [3.63, 3.8) is 0 Å². The third-order valence-electron chi connectivity index (χ3n) is 5.81. The molecule has 4 aromatic rings. The molecule has 0 fully saturated rings. The molecule has 6 heteroatoms. The molecule has 0 saturated heterocycles. The van der Waals surface area contributed by atoms with Crippen LogP contribution in [0.5, 0.6) is 17.2 Å². The highest BCUT2D eigenvalue weighted by Crippen LogP contribution is 2.42. The molecule has 0 atom stereocenters. The van der Waals surface area contributed by atoms with E-state index in [2.05, 4.69) is 11.9 Å².